The molecule has 1 aromatic carbocycles. The van der Waals surface area contributed by atoms with E-state index in [1.807, 2.05) is 25.1 Å². The van der Waals surface area contributed by atoms with Crippen molar-refractivity contribution >= 4 is 5.69 Å². The lowest BCUT2D eigenvalue weighted by Crippen LogP contribution is -1.96. The molecule has 0 heterocycles. The molecule has 0 amide bonds. The van der Waals surface area contributed by atoms with Crippen molar-refractivity contribution in [2.75, 3.05) is 12.3 Å². The van der Waals surface area contributed by atoms with Crippen LogP contribution in [0.15, 0.2) is 18.2 Å². The lowest BCUT2D eigenvalue weighted by molar-refractivity contribution is 0.317. The molecule has 66 valence electrons. The summed E-state index contributed by atoms with van der Waals surface area (Å²) in [6, 6.07) is 5.77. The second-order valence-corrected chi connectivity index (χ2v) is 2.93. The smallest absolute Gasteiger partial charge is 0.121 e. The zero-order valence-corrected chi connectivity index (χ0v) is 7.63. The minimum atomic E-state index is 0.753. The average Bonchev–Trinajstić information content (AvgIpc) is 1.99. The lowest BCUT2D eigenvalue weighted by atomic mass is 10.2. The van der Waals surface area contributed by atoms with Crippen LogP contribution in [0.2, 0.25) is 0 Å². The van der Waals surface area contributed by atoms with Gasteiger partial charge in [-0.3, -0.25) is 0 Å². The van der Waals surface area contributed by atoms with Crippen LogP contribution in [-0.2, 0) is 0 Å². The molecule has 2 nitrogen and oxygen atoms in total. The normalized spacial score (nSPS) is 9.83. The molecule has 0 unspecified atom stereocenters. The number of hydrogen-bond acceptors (Lipinski definition) is 2. The van der Waals surface area contributed by atoms with E-state index in [2.05, 4.69) is 6.92 Å². The van der Waals surface area contributed by atoms with Gasteiger partial charge in [0.25, 0.3) is 0 Å². The van der Waals surface area contributed by atoms with Gasteiger partial charge in [0.15, 0.2) is 0 Å². The summed E-state index contributed by atoms with van der Waals surface area (Å²) in [4.78, 5) is 0. The van der Waals surface area contributed by atoms with Crippen LogP contribution in [0.5, 0.6) is 5.75 Å². The van der Waals surface area contributed by atoms with Gasteiger partial charge in [-0.15, -0.1) is 0 Å². The van der Waals surface area contributed by atoms with Gasteiger partial charge in [0.1, 0.15) is 5.75 Å². The average molecular weight is 165 g/mol. The molecular formula is C10H15NO. The Labute approximate surface area is 73.3 Å². The van der Waals surface area contributed by atoms with E-state index in [-0.39, 0.29) is 0 Å². The number of benzene rings is 1. The number of aryl methyl sites for hydroxylation is 1. The summed E-state index contributed by atoms with van der Waals surface area (Å²) in [6.45, 7) is 4.84. The Morgan fingerprint density at radius 1 is 1.33 bits per heavy atom. The molecule has 0 aliphatic carbocycles. The van der Waals surface area contributed by atoms with Gasteiger partial charge in [0.05, 0.1) is 6.61 Å². The van der Waals surface area contributed by atoms with E-state index in [0.717, 1.165) is 30.0 Å². The van der Waals surface area contributed by atoms with E-state index in [9.17, 15) is 0 Å². The largest absolute Gasteiger partial charge is 0.494 e. The molecule has 1 rings (SSSR count). The number of ether oxygens (including phenoxy) is 1. The summed E-state index contributed by atoms with van der Waals surface area (Å²) in [6.07, 6.45) is 1.02. The summed E-state index contributed by atoms with van der Waals surface area (Å²) in [5, 5.41) is 0. The summed E-state index contributed by atoms with van der Waals surface area (Å²) in [5.74, 6) is 0.870. The van der Waals surface area contributed by atoms with Gasteiger partial charge in [-0.2, -0.15) is 0 Å². The Morgan fingerprint density at radius 3 is 2.67 bits per heavy atom. The maximum Gasteiger partial charge on any atom is 0.121 e. The van der Waals surface area contributed by atoms with Gasteiger partial charge >= 0.3 is 0 Å². The van der Waals surface area contributed by atoms with Crippen LogP contribution in [0.25, 0.3) is 0 Å². The molecule has 0 aliphatic heterocycles. The van der Waals surface area contributed by atoms with Gasteiger partial charge in [-0.1, -0.05) is 6.92 Å². The molecule has 0 radical (unpaired) electrons. The van der Waals surface area contributed by atoms with E-state index in [1.165, 1.54) is 0 Å². The molecule has 0 atom stereocenters. The lowest BCUT2D eigenvalue weighted by Gasteiger charge is -2.06. The van der Waals surface area contributed by atoms with Crippen molar-refractivity contribution in [3.8, 4) is 5.75 Å². The van der Waals surface area contributed by atoms with Crippen molar-refractivity contribution < 1.29 is 4.74 Å². The minimum Gasteiger partial charge on any atom is -0.494 e. The Balaban J connectivity index is 2.72. The molecule has 2 heteroatoms. The van der Waals surface area contributed by atoms with E-state index < -0.39 is 0 Å². The molecular weight excluding hydrogens is 150 g/mol. The van der Waals surface area contributed by atoms with Crippen molar-refractivity contribution in [2.45, 2.75) is 20.3 Å². The van der Waals surface area contributed by atoms with Crippen LogP contribution >= 0.6 is 0 Å². The van der Waals surface area contributed by atoms with Crippen LogP contribution in [0.1, 0.15) is 18.9 Å². The first kappa shape index (κ1) is 8.91. The fourth-order valence-corrected chi connectivity index (χ4v) is 1.08. The van der Waals surface area contributed by atoms with Crippen molar-refractivity contribution in [1.82, 2.24) is 0 Å². The monoisotopic (exact) mass is 165 g/mol. The van der Waals surface area contributed by atoms with E-state index in [4.69, 9.17) is 10.5 Å². The zero-order valence-electron chi connectivity index (χ0n) is 7.63. The molecule has 0 aromatic heterocycles. The maximum atomic E-state index is 5.65. The SMILES string of the molecule is CCCOc1cc(C)cc(N)c1. The van der Waals surface area contributed by atoms with Crippen LogP contribution < -0.4 is 10.5 Å². The van der Waals surface area contributed by atoms with E-state index >= 15 is 0 Å². The Hall–Kier alpha value is -1.18. The topological polar surface area (TPSA) is 35.2 Å². The van der Waals surface area contributed by atoms with E-state index in [0.29, 0.717) is 0 Å². The van der Waals surface area contributed by atoms with Crippen LogP contribution in [0.3, 0.4) is 0 Å². The van der Waals surface area contributed by atoms with Gasteiger partial charge in [0.2, 0.25) is 0 Å². The molecule has 0 saturated carbocycles. The molecule has 2 N–H and O–H groups in total. The van der Waals surface area contributed by atoms with Crippen molar-refractivity contribution in [2.24, 2.45) is 0 Å². The molecule has 0 fully saturated rings. The van der Waals surface area contributed by atoms with Gasteiger partial charge in [0, 0.05) is 11.8 Å². The standard InChI is InChI=1S/C10H15NO/c1-3-4-12-10-6-8(2)5-9(11)7-10/h5-7H,3-4,11H2,1-2H3. The zero-order chi connectivity index (χ0) is 8.97. The Kier molecular flexibility index (Phi) is 2.97. The van der Waals surface area contributed by atoms with Crippen LogP contribution in [0.4, 0.5) is 5.69 Å². The highest BCUT2D eigenvalue weighted by atomic mass is 16.5. The predicted molar refractivity (Wildman–Crippen MR) is 51.4 cm³/mol. The van der Waals surface area contributed by atoms with Crippen molar-refractivity contribution in [3.05, 3.63) is 23.8 Å². The molecule has 0 bridgehead atoms. The van der Waals surface area contributed by atoms with E-state index in [1.54, 1.807) is 0 Å². The minimum absolute atomic E-state index is 0.753. The highest BCUT2D eigenvalue weighted by molar-refractivity contribution is 5.47. The quantitative estimate of drug-likeness (QED) is 0.698. The van der Waals surface area contributed by atoms with Crippen LogP contribution in [0, 0.1) is 6.92 Å². The van der Waals surface area contributed by atoms with Gasteiger partial charge in [-0.05, 0) is 31.0 Å². The first-order valence-electron chi connectivity index (χ1n) is 4.22. The number of anilines is 1. The summed E-state index contributed by atoms with van der Waals surface area (Å²) < 4.78 is 5.44. The molecule has 0 spiro atoms. The predicted octanol–water partition coefficient (Wildman–Crippen LogP) is 2.37. The second-order valence-electron chi connectivity index (χ2n) is 2.93. The summed E-state index contributed by atoms with van der Waals surface area (Å²) in [7, 11) is 0. The highest BCUT2D eigenvalue weighted by Gasteiger charge is 1.95. The summed E-state index contributed by atoms with van der Waals surface area (Å²) >= 11 is 0. The van der Waals surface area contributed by atoms with Gasteiger partial charge in [-0.25, -0.2) is 0 Å². The number of hydrogen-bond donors (Lipinski definition) is 1. The molecule has 1 aromatic rings. The first-order chi connectivity index (χ1) is 5.72. The van der Waals surface area contributed by atoms with Gasteiger partial charge < -0.3 is 10.5 Å². The number of rotatable bonds is 3. The first-order valence-corrected chi connectivity index (χ1v) is 4.22. The molecule has 12 heavy (non-hydrogen) atoms. The fraction of sp³-hybridized carbons (Fsp3) is 0.400. The van der Waals surface area contributed by atoms with Crippen molar-refractivity contribution in [1.29, 1.82) is 0 Å². The highest BCUT2D eigenvalue weighted by Crippen LogP contribution is 2.18. The third-order valence-corrected chi connectivity index (χ3v) is 1.55. The second kappa shape index (κ2) is 4.00. The molecule has 0 saturated heterocycles. The number of nitrogen functional groups attached to an aromatic ring is 1. The number of nitrogens with two attached hydrogens (primary N) is 1. The van der Waals surface area contributed by atoms with Crippen LogP contribution in [-0.4, -0.2) is 6.61 Å². The maximum absolute atomic E-state index is 5.65. The van der Waals surface area contributed by atoms with Crippen molar-refractivity contribution in [3.63, 3.8) is 0 Å². The summed E-state index contributed by atoms with van der Waals surface area (Å²) in [5.41, 5.74) is 7.56. The molecule has 0 aliphatic rings. The third-order valence-electron chi connectivity index (χ3n) is 1.55. The fourth-order valence-electron chi connectivity index (χ4n) is 1.08. The Morgan fingerprint density at radius 2 is 2.08 bits per heavy atom. The third kappa shape index (κ3) is 2.46. The Bertz CT molecular complexity index is 238.